The third-order valence-electron chi connectivity index (χ3n) is 3.44. The summed E-state index contributed by atoms with van der Waals surface area (Å²) in [7, 11) is 0. The van der Waals surface area contributed by atoms with Crippen LogP contribution < -0.4 is 10.1 Å². The van der Waals surface area contributed by atoms with Crippen LogP contribution in [0, 0.1) is 5.92 Å². The Morgan fingerprint density at radius 3 is 2.67 bits per heavy atom. The van der Waals surface area contributed by atoms with Crippen molar-refractivity contribution in [3.05, 3.63) is 24.3 Å². The van der Waals surface area contributed by atoms with Crippen molar-refractivity contribution in [2.24, 2.45) is 5.92 Å². The van der Waals surface area contributed by atoms with Crippen molar-refractivity contribution in [1.82, 2.24) is 4.90 Å². The lowest BCUT2D eigenvalue weighted by Crippen LogP contribution is -2.32. The van der Waals surface area contributed by atoms with E-state index in [4.69, 9.17) is 9.84 Å². The molecule has 21 heavy (non-hydrogen) atoms. The number of carboxylic acid groups (broad SMARTS) is 1. The van der Waals surface area contributed by atoms with Gasteiger partial charge in [-0.25, -0.2) is 0 Å². The number of aliphatic carboxylic acids is 1. The maximum Gasteiger partial charge on any atom is 0.307 e. The number of hydrogen-bond acceptors (Lipinski definition) is 4. The van der Waals surface area contributed by atoms with Gasteiger partial charge in [-0.3, -0.25) is 14.5 Å². The molecule has 2 rings (SSSR count). The van der Waals surface area contributed by atoms with Crippen LogP contribution in [0.15, 0.2) is 24.3 Å². The van der Waals surface area contributed by atoms with Gasteiger partial charge in [-0.1, -0.05) is 0 Å². The van der Waals surface area contributed by atoms with Crippen LogP contribution in [-0.4, -0.2) is 48.1 Å². The number of likely N-dealkylation sites (tertiary alicyclic amines) is 1. The third kappa shape index (κ3) is 4.46. The summed E-state index contributed by atoms with van der Waals surface area (Å²) >= 11 is 0. The monoisotopic (exact) mass is 292 g/mol. The molecule has 1 unspecified atom stereocenters. The Balaban J connectivity index is 1.80. The van der Waals surface area contributed by atoms with E-state index in [0.717, 1.165) is 5.75 Å². The van der Waals surface area contributed by atoms with Gasteiger partial charge in [0.2, 0.25) is 5.91 Å². The summed E-state index contributed by atoms with van der Waals surface area (Å²) in [6.07, 6.45) is 0.603. The van der Waals surface area contributed by atoms with Gasteiger partial charge in [-0.15, -0.1) is 0 Å². The van der Waals surface area contributed by atoms with Crippen molar-refractivity contribution in [3.63, 3.8) is 0 Å². The van der Waals surface area contributed by atoms with E-state index in [9.17, 15) is 9.59 Å². The van der Waals surface area contributed by atoms with Gasteiger partial charge in [0.05, 0.1) is 19.1 Å². The minimum absolute atomic E-state index is 0.134. The molecular formula is C15H20N2O4. The molecule has 1 aliphatic heterocycles. The number of nitrogens with one attached hydrogen (secondary N) is 1. The predicted octanol–water partition coefficient (Wildman–Crippen LogP) is 1.43. The lowest BCUT2D eigenvalue weighted by Gasteiger charge is -2.15. The summed E-state index contributed by atoms with van der Waals surface area (Å²) in [5.41, 5.74) is 0.706. The molecule has 1 saturated heterocycles. The molecule has 0 aromatic heterocycles. The van der Waals surface area contributed by atoms with Gasteiger partial charge in [0.15, 0.2) is 0 Å². The highest BCUT2D eigenvalue weighted by Crippen LogP contribution is 2.17. The van der Waals surface area contributed by atoms with Gasteiger partial charge in [0.25, 0.3) is 0 Å². The maximum absolute atomic E-state index is 11.9. The maximum atomic E-state index is 11.9. The molecule has 1 aliphatic rings. The first-order chi connectivity index (χ1) is 10.1. The second-order valence-corrected chi connectivity index (χ2v) is 5.06. The third-order valence-corrected chi connectivity index (χ3v) is 3.44. The quantitative estimate of drug-likeness (QED) is 0.829. The molecule has 6 heteroatoms. The number of ether oxygens (including phenoxy) is 1. The van der Waals surface area contributed by atoms with Gasteiger partial charge in [0, 0.05) is 12.2 Å². The second-order valence-electron chi connectivity index (χ2n) is 5.06. The largest absolute Gasteiger partial charge is 0.494 e. The number of nitrogens with zero attached hydrogens (tertiary/aromatic N) is 1. The molecule has 1 fully saturated rings. The van der Waals surface area contributed by atoms with E-state index in [1.807, 2.05) is 11.8 Å². The van der Waals surface area contributed by atoms with E-state index in [1.165, 1.54) is 0 Å². The van der Waals surface area contributed by atoms with Crippen LogP contribution in [-0.2, 0) is 9.59 Å². The van der Waals surface area contributed by atoms with E-state index in [0.29, 0.717) is 31.8 Å². The SMILES string of the molecule is CCOc1ccc(NC(=O)CN2CCC(C(=O)O)C2)cc1. The first-order valence-corrected chi connectivity index (χ1v) is 7.06. The summed E-state index contributed by atoms with van der Waals surface area (Å²) in [6.45, 7) is 3.82. The van der Waals surface area contributed by atoms with Crippen LogP contribution in [0.1, 0.15) is 13.3 Å². The van der Waals surface area contributed by atoms with Gasteiger partial charge < -0.3 is 15.2 Å². The molecule has 2 N–H and O–H groups in total. The second kappa shape index (κ2) is 7.08. The highest BCUT2D eigenvalue weighted by atomic mass is 16.5. The van der Waals surface area contributed by atoms with E-state index >= 15 is 0 Å². The lowest BCUT2D eigenvalue weighted by molar-refractivity contribution is -0.141. The molecule has 0 aliphatic carbocycles. The van der Waals surface area contributed by atoms with Gasteiger partial charge in [-0.05, 0) is 44.2 Å². The minimum atomic E-state index is -0.788. The van der Waals surface area contributed by atoms with Crippen LogP contribution >= 0.6 is 0 Å². The fourth-order valence-electron chi connectivity index (χ4n) is 2.38. The number of anilines is 1. The number of carboxylic acids is 1. The van der Waals surface area contributed by atoms with Crippen LogP contribution in [0.5, 0.6) is 5.75 Å². The first kappa shape index (κ1) is 15.3. The number of hydrogen-bond donors (Lipinski definition) is 2. The molecule has 0 spiro atoms. The molecule has 1 aromatic rings. The van der Waals surface area contributed by atoms with E-state index in [1.54, 1.807) is 24.3 Å². The van der Waals surface area contributed by atoms with Gasteiger partial charge >= 0.3 is 5.97 Å². The molecular weight excluding hydrogens is 272 g/mol. The Bertz CT molecular complexity index is 501. The standard InChI is InChI=1S/C15H20N2O4/c1-2-21-13-5-3-12(4-6-13)16-14(18)10-17-8-7-11(9-17)15(19)20/h3-6,11H,2,7-10H2,1H3,(H,16,18)(H,19,20). The first-order valence-electron chi connectivity index (χ1n) is 7.06. The predicted molar refractivity (Wildman–Crippen MR) is 78.4 cm³/mol. The van der Waals surface area contributed by atoms with Crippen molar-refractivity contribution in [2.75, 3.05) is 31.6 Å². The Morgan fingerprint density at radius 2 is 2.10 bits per heavy atom. The normalized spacial score (nSPS) is 18.4. The molecule has 0 bridgehead atoms. The number of carbonyl (C=O) groups is 2. The molecule has 1 heterocycles. The summed E-state index contributed by atoms with van der Waals surface area (Å²) in [5, 5.41) is 11.7. The summed E-state index contributed by atoms with van der Waals surface area (Å²) in [6, 6.07) is 7.17. The van der Waals surface area contributed by atoms with E-state index < -0.39 is 5.97 Å². The number of benzene rings is 1. The van der Waals surface area contributed by atoms with Crippen molar-refractivity contribution >= 4 is 17.6 Å². The fraction of sp³-hybridized carbons (Fsp3) is 0.467. The topological polar surface area (TPSA) is 78.9 Å². The van der Waals surface area contributed by atoms with Crippen molar-refractivity contribution < 1.29 is 19.4 Å². The average molecular weight is 292 g/mol. The number of amides is 1. The minimum Gasteiger partial charge on any atom is -0.494 e. The molecule has 0 saturated carbocycles. The number of carbonyl (C=O) groups excluding carboxylic acids is 1. The average Bonchev–Trinajstić information content (AvgIpc) is 2.90. The Kier molecular flexibility index (Phi) is 5.16. The Labute approximate surface area is 123 Å². The summed E-state index contributed by atoms with van der Waals surface area (Å²) < 4.78 is 5.33. The van der Waals surface area contributed by atoms with Crippen LogP contribution in [0.2, 0.25) is 0 Å². The molecule has 114 valence electrons. The molecule has 1 aromatic carbocycles. The Morgan fingerprint density at radius 1 is 1.38 bits per heavy atom. The summed E-state index contributed by atoms with van der Waals surface area (Å²) in [5.74, 6) is -0.516. The van der Waals surface area contributed by atoms with Crippen molar-refractivity contribution in [3.8, 4) is 5.75 Å². The lowest BCUT2D eigenvalue weighted by atomic mass is 10.1. The van der Waals surface area contributed by atoms with Crippen LogP contribution in [0.3, 0.4) is 0 Å². The highest BCUT2D eigenvalue weighted by Gasteiger charge is 2.28. The summed E-state index contributed by atoms with van der Waals surface area (Å²) in [4.78, 5) is 24.7. The van der Waals surface area contributed by atoms with E-state index in [-0.39, 0.29) is 18.4 Å². The molecule has 0 radical (unpaired) electrons. The molecule has 1 atom stereocenters. The molecule has 6 nitrogen and oxygen atoms in total. The highest BCUT2D eigenvalue weighted by molar-refractivity contribution is 5.92. The zero-order valence-electron chi connectivity index (χ0n) is 12.0. The van der Waals surface area contributed by atoms with Gasteiger partial charge in [-0.2, -0.15) is 0 Å². The van der Waals surface area contributed by atoms with Crippen molar-refractivity contribution in [1.29, 1.82) is 0 Å². The van der Waals surface area contributed by atoms with Crippen LogP contribution in [0.4, 0.5) is 5.69 Å². The zero-order valence-corrected chi connectivity index (χ0v) is 12.0. The fourth-order valence-corrected chi connectivity index (χ4v) is 2.38. The van der Waals surface area contributed by atoms with Crippen molar-refractivity contribution in [2.45, 2.75) is 13.3 Å². The zero-order chi connectivity index (χ0) is 15.2. The molecule has 1 amide bonds. The number of rotatable bonds is 6. The van der Waals surface area contributed by atoms with Gasteiger partial charge in [0.1, 0.15) is 5.75 Å². The smallest absolute Gasteiger partial charge is 0.307 e. The Hall–Kier alpha value is -2.08. The van der Waals surface area contributed by atoms with Crippen LogP contribution in [0.25, 0.3) is 0 Å². The van der Waals surface area contributed by atoms with E-state index in [2.05, 4.69) is 5.32 Å².